The van der Waals surface area contributed by atoms with Crippen molar-refractivity contribution in [3.8, 4) is 0 Å². The molecule has 0 aromatic heterocycles. The summed E-state index contributed by atoms with van der Waals surface area (Å²) in [6.45, 7) is 5.04. The Balaban J connectivity index is 1.85. The maximum Gasteiger partial charge on any atom is 0.225 e. The first kappa shape index (κ1) is 15.8. The van der Waals surface area contributed by atoms with Gasteiger partial charge >= 0.3 is 0 Å². The van der Waals surface area contributed by atoms with Gasteiger partial charge in [0, 0.05) is 25.0 Å². The number of rotatable bonds is 4. The lowest BCUT2D eigenvalue weighted by molar-refractivity contribution is -0.136. The molecule has 3 nitrogen and oxygen atoms in total. The number of carbonyl (C=O) groups is 1. The molecule has 2 fully saturated rings. The van der Waals surface area contributed by atoms with Gasteiger partial charge in [0.25, 0.3) is 0 Å². The van der Waals surface area contributed by atoms with E-state index < -0.39 is 0 Å². The SMILES string of the molecule is CCN(CC1CCCCN1)C(=O)C1CCCCCCC1. The molecular formula is C17H32N2O. The minimum absolute atomic E-state index is 0.304. The number of nitrogens with one attached hydrogen (secondary N) is 1. The highest BCUT2D eigenvalue weighted by Crippen LogP contribution is 2.24. The predicted molar refractivity (Wildman–Crippen MR) is 83.7 cm³/mol. The van der Waals surface area contributed by atoms with Crippen molar-refractivity contribution < 1.29 is 4.79 Å². The molecule has 2 rings (SSSR count). The molecule has 1 saturated carbocycles. The van der Waals surface area contributed by atoms with Gasteiger partial charge in [-0.2, -0.15) is 0 Å². The Labute approximate surface area is 124 Å². The van der Waals surface area contributed by atoms with Crippen molar-refractivity contribution in [1.29, 1.82) is 0 Å². The zero-order valence-electron chi connectivity index (χ0n) is 13.2. The standard InChI is InChI=1S/C17H32N2O/c1-2-19(14-16-12-8-9-13-18-16)17(20)15-10-6-4-3-5-7-11-15/h15-16,18H,2-14H2,1H3. The average Bonchev–Trinajstić information content (AvgIpc) is 2.45. The highest BCUT2D eigenvalue weighted by Gasteiger charge is 2.26. The van der Waals surface area contributed by atoms with Crippen molar-refractivity contribution >= 4 is 5.91 Å². The Bertz CT molecular complexity index is 279. The Morgan fingerprint density at radius 1 is 1.00 bits per heavy atom. The lowest BCUT2D eigenvalue weighted by Gasteiger charge is -2.32. The van der Waals surface area contributed by atoms with Crippen LogP contribution in [0.4, 0.5) is 0 Å². The predicted octanol–water partition coefficient (Wildman–Crippen LogP) is 3.34. The minimum atomic E-state index is 0.304. The van der Waals surface area contributed by atoms with Crippen LogP contribution in [0.25, 0.3) is 0 Å². The molecule has 1 heterocycles. The molecule has 0 radical (unpaired) electrons. The second-order valence-corrected chi connectivity index (χ2v) is 6.57. The van der Waals surface area contributed by atoms with E-state index >= 15 is 0 Å². The zero-order chi connectivity index (χ0) is 14.2. The first-order chi connectivity index (χ1) is 9.81. The molecule has 116 valence electrons. The molecule has 1 saturated heterocycles. The van der Waals surface area contributed by atoms with E-state index in [0.29, 0.717) is 17.9 Å². The fraction of sp³-hybridized carbons (Fsp3) is 0.941. The molecule has 0 spiro atoms. The fourth-order valence-corrected chi connectivity index (χ4v) is 3.68. The molecule has 20 heavy (non-hydrogen) atoms. The van der Waals surface area contributed by atoms with Gasteiger partial charge in [-0.25, -0.2) is 0 Å². The van der Waals surface area contributed by atoms with Crippen LogP contribution in [-0.2, 0) is 4.79 Å². The Hall–Kier alpha value is -0.570. The van der Waals surface area contributed by atoms with Crippen LogP contribution in [0, 0.1) is 5.92 Å². The maximum absolute atomic E-state index is 12.8. The van der Waals surface area contributed by atoms with Crippen LogP contribution in [0.3, 0.4) is 0 Å². The minimum Gasteiger partial charge on any atom is -0.341 e. The van der Waals surface area contributed by atoms with Gasteiger partial charge in [-0.15, -0.1) is 0 Å². The number of piperidine rings is 1. The highest BCUT2D eigenvalue weighted by molar-refractivity contribution is 5.78. The van der Waals surface area contributed by atoms with E-state index in [-0.39, 0.29) is 0 Å². The fourth-order valence-electron chi connectivity index (χ4n) is 3.68. The molecule has 0 bridgehead atoms. The zero-order valence-corrected chi connectivity index (χ0v) is 13.2. The van der Waals surface area contributed by atoms with Crippen molar-refractivity contribution in [2.24, 2.45) is 5.92 Å². The molecule has 1 unspecified atom stereocenters. The summed E-state index contributed by atoms with van der Waals surface area (Å²) in [6.07, 6.45) is 12.6. The van der Waals surface area contributed by atoms with E-state index in [9.17, 15) is 4.79 Å². The van der Waals surface area contributed by atoms with Gasteiger partial charge in [0.15, 0.2) is 0 Å². The number of likely N-dealkylation sites (N-methyl/N-ethyl adjacent to an activating group) is 1. The number of hydrogen-bond donors (Lipinski definition) is 1. The molecule has 3 heteroatoms. The quantitative estimate of drug-likeness (QED) is 0.856. The van der Waals surface area contributed by atoms with Crippen molar-refractivity contribution in [3.05, 3.63) is 0 Å². The smallest absolute Gasteiger partial charge is 0.225 e. The third-order valence-corrected chi connectivity index (χ3v) is 5.00. The lowest BCUT2D eigenvalue weighted by atomic mass is 9.90. The first-order valence-corrected chi connectivity index (χ1v) is 8.83. The van der Waals surface area contributed by atoms with Gasteiger partial charge in [-0.05, 0) is 39.2 Å². The molecule has 1 aliphatic heterocycles. The topological polar surface area (TPSA) is 32.3 Å². The van der Waals surface area contributed by atoms with Crippen LogP contribution in [-0.4, -0.2) is 36.5 Å². The van der Waals surface area contributed by atoms with Crippen molar-refractivity contribution in [2.45, 2.75) is 77.2 Å². The van der Waals surface area contributed by atoms with E-state index in [1.165, 1.54) is 51.4 Å². The normalized spacial score (nSPS) is 25.8. The molecule has 0 aromatic carbocycles. The van der Waals surface area contributed by atoms with E-state index in [1.54, 1.807) is 0 Å². The molecule has 1 aliphatic carbocycles. The summed E-state index contributed by atoms with van der Waals surface area (Å²) >= 11 is 0. The number of carbonyl (C=O) groups excluding carboxylic acids is 1. The van der Waals surface area contributed by atoms with Crippen LogP contribution in [0.5, 0.6) is 0 Å². The molecule has 1 amide bonds. The van der Waals surface area contributed by atoms with Crippen molar-refractivity contribution in [1.82, 2.24) is 10.2 Å². The summed E-state index contributed by atoms with van der Waals surface area (Å²) < 4.78 is 0. The van der Waals surface area contributed by atoms with Gasteiger partial charge in [-0.3, -0.25) is 4.79 Å². The third-order valence-electron chi connectivity index (χ3n) is 5.00. The van der Waals surface area contributed by atoms with E-state index in [4.69, 9.17) is 0 Å². The number of nitrogens with zero attached hydrogens (tertiary/aromatic N) is 1. The summed E-state index contributed by atoms with van der Waals surface area (Å²) in [6, 6.07) is 0.529. The maximum atomic E-state index is 12.8. The van der Waals surface area contributed by atoms with Crippen LogP contribution in [0.15, 0.2) is 0 Å². The van der Waals surface area contributed by atoms with Crippen molar-refractivity contribution in [2.75, 3.05) is 19.6 Å². The van der Waals surface area contributed by atoms with Gasteiger partial charge in [0.05, 0.1) is 0 Å². The summed E-state index contributed by atoms with van der Waals surface area (Å²) in [4.78, 5) is 14.9. The summed E-state index contributed by atoms with van der Waals surface area (Å²) in [5.41, 5.74) is 0. The molecule has 2 aliphatic rings. The van der Waals surface area contributed by atoms with Gasteiger partial charge in [-0.1, -0.05) is 38.5 Å². The highest BCUT2D eigenvalue weighted by atomic mass is 16.2. The first-order valence-electron chi connectivity index (χ1n) is 8.83. The summed E-state index contributed by atoms with van der Waals surface area (Å²) in [5, 5.41) is 3.57. The largest absolute Gasteiger partial charge is 0.341 e. The summed E-state index contributed by atoms with van der Waals surface area (Å²) in [7, 11) is 0. The second-order valence-electron chi connectivity index (χ2n) is 6.57. The second kappa shape index (κ2) is 8.66. The van der Waals surface area contributed by atoms with E-state index in [2.05, 4.69) is 17.1 Å². The van der Waals surface area contributed by atoms with Gasteiger partial charge in [0.1, 0.15) is 0 Å². The number of hydrogen-bond acceptors (Lipinski definition) is 2. The van der Waals surface area contributed by atoms with Crippen LogP contribution in [0.1, 0.15) is 71.1 Å². The average molecular weight is 280 g/mol. The molecule has 0 aromatic rings. The Morgan fingerprint density at radius 3 is 2.25 bits per heavy atom. The van der Waals surface area contributed by atoms with Crippen molar-refractivity contribution in [3.63, 3.8) is 0 Å². The monoisotopic (exact) mass is 280 g/mol. The summed E-state index contributed by atoms with van der Waals surface area (Å²) in [5.74, 6) is 0.737. The van der Waals surface area contributed by atoms with E-state index in [0.717, 1.165) is 32.5 Å². The number of amides is 1. The Kier molecular flexibility index (Phi) is 6.85. The molecular weight excluding hydrogens is 248 g/mol. The lowest BCUT2D eigenvalue weighted by Crippen LogP contribution is -2.47. The molecule has 1 atom stereocenters. The van der Waals surface area contributed by atoms with Crippen LogP contribution >= 0.6 is 0 Å². The van der Waals surface area contributed by atoms with Crippen LogP contribution in [0.2, 0.25) is 0 Å². The Morgan fingerprint density at radius 2 is 1.65 bits per heavy atom. The van der Waals surface area contributed by atoms with Gasteiger partial charge in [0.2, 0.25) is 5.91 Å². The van der Waals surface area contributed by atoms with Gasteiger partial charge < -0.3 is 10.2 Å². The van der Waals surface area contributed by atoms with E-state index in [1.807, 2.05) is 0 Å². The molecule has 1 N–H and O–H groups in total. The van der Waals surface area contributed by atoms with Crippen LogP contribution < -0.4 is 5.32 Å². The third kappa shape index (κ3) is 4.76.